The first-order chi connectivity index (χ1) is 16.9. The summed E-state index contributed by atoms with van der Waals surface area (Å²) in [6.45, 7) is 5.33. The lowest BCUT2D eigenvalue weighted by atomic mass is 10.0. The Bertz CT molecular complexity index is 1010. The summed E-state index contributed by atoms with van der Waals surface area (Å²) in [5.41, 5.74) is 9.32. The van der Waals surface area contributed by atoms with Crippen molar-refractivity contribution < 1.29 is 19.4 Å². The van der Waals surface area contributed by atoms with Gasteiger partial charge in [-0.1, -0.05) is 86.6 Å². The van der Waals surface area contributed by atoms with E-state index in [4.69, 9.17) is 15.2 Å². The quantitative estimate of drug-likeness (QED) is 0.393. The molecule has 3 aromatic rings. The Morgan fingerprint density at radius 2 is 1.40 bits per heavy atom. The number of aliphatic hydroxyl groups excluding tert-OH is 1. The Kier molecular flexibility index (Phi) is 10.1. The summed E-state index contributed by atoms with van der Waals surface area (Å²) in [6, 6.07) is 26.7. The molecule has 0 heterocycles. The van der Waals surface area contributed by atoms with Gasteiger partial charge < -0.3 is 25.2 Å². The third-order valence-corrected chi connectivity index (χ3v) is 5.59. The van der Waals surface area contributed by atoms with Crippen molar-refractivity contribution in [2.45, 2.75) is 45.6 Å². The molecule has 0 aliphatic heterocycles. The van der Waals surface area contributed by atoms with E-state index in [2.05, 4.69) is 0 Å². The molecule has 35 heavy (non-hydrogen) atoms. The van der Waals surface area contributed by atoms with E-state index < -0.39 is 18.2 Å². The van der Waals surface area contributed by atoms with Crippen LogP contribution in [-0.2, 0) is 24.4 Å². The minimum atomic E-state index is -0.882. The number of carbonyl (C=O) groups is 1. The van der Waals surface area contributed by atoms with Crippen molar-refractivity contribution >= 4 is 6.09 Å². The highest BCUT2D eigenvalue weighted by atomic mass is 16.6. The number of nitrogens with two attached hydrogens (primary N) is 1. The van der Waals surface area contributed by atoms with Crippen LogP contribution in [0.1, 0.15) is 30.5 Å². The van der Waals surface area contributed by atoms with Crippen LogP contribution in [0.4, 0.5) is 4.79 Å². The van der Waals surface area contributed by atoms with Crippen LogP contribution in [0.3, 0.4) is 0 Å². The maximum atomic E-state index is 12.7. The Morgan fingerprint density at radius 1 is 0.829 bits per heavy atom. The summed E-state index contributed by atoms with van der Waals surface area (Å²) in [4.78, 5) is 14.2. The molecule has 3 aromatic carbocycles. The lowest BCUT2D eigenvalue weighted by Crippen LogP contribution is -2.47. The first kappa shape index (κ1) is 26.3. The number of carbonyl (C=O) groups excluding carboxylic acids is 1. The number of hydrogen-bond acceptors (Lipinski definition) is 5. The molecule has 186 valence electrons. The van der Waals surface area contributed by atoms with Crippen molar-refractivity contribution in [2.24, 2.45) is 11.7 Å². The van der Waals surface area contributed by atoms with E-state index in [9.17, 15) is 9.90 Å². The van der Waals surface area contributed by atoms with Gasteiger partial charge >= 0.3 is 6.09 Å². The molecule has 0 aliphatic carbocycles. The van der Waals surface area contributed by atoms with E-state index in [0.29, 0.717) is 19.6 Å². The SMILES string of the molecule is CC(C)CN(C[C@@H](O)[C@@H](N)Cc1ccc(OCc2ccccc2)cc1)C(=O)OCc1ccccc1. The zero-order valence-corrected chi connectivity index (χ0v) is 20.5. The van der Waals surface area contributed by atoms with Crippen molar-refractivity contribution in [3.05, 3.63) is 102 Å². The predicted molar refractivity (Wildman–Crippen MR) is 138 cm³/mol. The molecular formula is C29H36N2O4. The van der Waals surface area contributed by atoms with Crippen LogP contribution in [0.5, 0.6) is 5.75 Å². The number of rotatable bonds is 12. The standard InChI is InChI=1S/C29H36N2O4/c1-22(2)18-31(29(33)35-21-25-11-7-4-8-12-25)19-28(32)27(30)17-23-13-15-26(16-14-23)34-20-24-9-5-3-6-10-24/h3-16,22,27-28,32H,17-21,30H2,1-2H3/t27-,28+/m0/s1. The van der Waals surface area contributed by atoms with Gasteiger partial charge in [0.05, 0.1) is 12.6 Å². The maximum absolute atomic E-state index is 12.7. The van der Waals surface area contributed by atoms with Gasteiger partial charge in [-0.3, -0.25) is 0 Å². The molecule has 2 atom stereocenters. The van der Waals surface area contributed by atoms with Crippen LogP contribution >= 0.6 is 0 Å². The van der Waals surface area contributed by atoms with Gasteiger partial charge in [0.2, 0.25) is 0 Å². The maximum Gasteiger partial charge on any atom is 0.410 e. The first-order valence-electron chi connectivity index (χ1n) is 12.1. The largest absolute Gasteiger partial charge is 0.489 e. The average molecular weight is 477 g/mol. The van der Waals surface area contributed by atoms with Crippen molar-refractivity contribution in [2.75, 3.05) is 13.1 Å². The Morgan fingerprint density at radius 3 is 1.97 bits per heavy atom. The molecule has 0 spiro atoms. The number of hydrogen-bond donors (Lipinski definition) is 2. The molecule has 6 nitrogen and oxygen atoms in total. The normalized spacial score (nSPS) is 12.7. The van der Waals surface area contributed by atoms with E-state index in [1.54, 1.807) is 4.90 Å². The summed E-state index contributed by atoms with van der Waals surface area (Å²) < 4.78 is 11.3. The smallest absolute Gasteiger partial charge is 0.410 e. The van der Waals surface area contributed by atoms with E-state index in [1.807, 2.05) is 98.8 Å². The minimum Gasteiger partial charge on any atom is -0.489 e. The van der Waals surface area contributed by atoms with Crippen LogP contribution < -0.4 is 10.5 Å². The fourth-order valence-corrected chi connectivity index (χ4v) is 3.71. The monoisotopic (exact) mass is 476 g/mol. The van der Waals surface area contributed by atoms with Crippen LogP contribution in [0, 0.1) is 5.92 Å². The van der Waals surface area contributed by atoms with Gasteiger partial charge in [0.1, 0.15) is 19.0 Å². The molecule has 6 heteroatoms. The highest BCUT2D eigenvalue weighted by Crippen LogP contribution is 2.16. The molecule has 0 saturated carbocycles. The van der Waals surface area contributed by atoms with Crippen molar-refractivity contribution in [3.63, 3.8) is 0 Å². The molecule has 0 aliphatic rings. The number of amides is 1. The highest BCUT2D eigenvalue weighted by Gasteiger charge is 2.24. The van der Waals surface area contributed by atoms with Gasteiger partial charge in [-0.25, -0.2) is 4.79 Å². The minimum absolute atomic E-state index is 0.116. The molecule has 0 radical (unpaired) electrons. The second-order valence-corrected chi connectivity index (χ2v) is 9.19. The number of benzene rings is 3. The molecule has 3 rings (SSSR count). The molecule has 0 aromatic heterocycles. The molecule has 1 amide bonds. The fourth-order valence-electron chi connectivity index (χ4n) is 3.71. The predicted octanol–water partition coefficient (Wildman–Crippen LogP) is 4.79. The Hall–Kier alpha value is -3.35. The van der Waals surface area contributed by atoms with Gasteiger partial charge in [-0.2, -0.15) is 0 Å². The molecule has 0 fully saturated rings. The highest BCUT2D eigenvalue weighted by molar-refractivity contribution is 5.67. The topological polar surface area (TPSA) is 85.0 Å². The van der Waals surface area contributed by atoms with Crippen molar-refractivity contribution in [3.8, 4) is 5.75 Å². The summed E-state index contributed by atoms with van der Waals surface area (Å²) in [6.07, 6.45) is -0.852. The zero-order chi connectivity index (χ0) is 25.0. The van der Waals surface area contributed by atoms with Gasteiger partial charge in [0.25, 0.3) is 0 Å². The third-order valence-electron chi connectivity index (χ3n) is 5.59. The van der Waals surface area contributed by atoms with Gasteiger partial charge in [0, 0.05) is 12.6 Å². The van der Waals surface area contributed by atoms with E-state index in [0.717, 1.165) is 22.4 Å². The number of aliphatic hydroxyl groups is 1. The molecular weight excluding hydrogens is 440 g/mol. The summed E-state index contributed by atoms with van der Waals surface area (Å²) in [5.74, 6) is 1.00. The summed E-state index contributed by atoms with van der Waals surface area (Å²) in [5, 5.41) is 10.8. The Balaban J connectivity index is 1.50. The first-order valence-corrected chi connectivity index (χ1v) is 12.1. The van der Waals surface area contributed by atoms with E-state index in [-0.39, 0.29) is 19.1 Å². The third kappa shape index (κ3) is 9.08. The second kappa shape index (κ2) is 13.5. The number of ether oxygens (including phenoxy) is 2. The lowest BCUT2D eigenvalue weighted by Gasteiger charge is -2.28. The van der Waals surface area contributed by atoms with Crippen LogP contribution in [-0.4, -0.2) is 41.3 Å². The Labute approximate surface area is 208 Å². The van der Waals surface area contributed by atoms with E-state index >= 15 is 0 Å². The lowest BCUT2D eigenvalue weighted by molar-refractivity contribution is 0.0562. The zero-order valence-electron chi connectivity index (χ0n) is 20.5. The molecule has 0 bridgehead atoms. The van der Waals surface area contributed by atoms with Crippen LogP contribution in [0.25, 0.3) is 0 Å². The number of nitrogens with zero attached hydrogens (tertiary/aromatic N) is 1. The van der Waals surface area contributed by atoms with Crippen molar-refractivity contribution in [1.29, 1.82) is 0 Å². The summed E-state index contributed by atoms with van der Waals surface area (Å²) in [7, 11) is 0. The van der Waals surface area contributed by atoms with E-state index in [1.165, 1.54) is 0 Å². The van der Waals surface area contributed by atoms with Crippen LogP contribution in [0.15, 0.2) is 84.9 Å². The van der Waals surface area contributed by atoms with Crippen molar-refractivity contribution in [1.82, 2.24) is 4.90 Å². The molecule has 0 unspecified atom stereocenters. The average Bonchev–Trinajstić information content (AvgIpc) is 2.87. The van der Waals surface area contributed by atoms with Gasteiger partial charge in [-0.15, -0.1) is 0 Å². The molecule has 0 saturated heterocycles. The van der Waals surface area contributed by atoms with Gasteiger partial charge in [0.15, 0.2) is 0 Å². The van der Waals surface area contributed by atoms with Crippen LogP contribution in [0.2, 0.25) is 0 Å². The van der Waals surface area contributed by atoms with Gasteiger partial charge in [-0.05, 0) is 41.2 Å². The summed E-state index contributed by atoms with van der Waals surface area (Å²) >= 11 is 0. The fraction of sp³-hybridized carbons (Fsp3) is 0.345. The molecule has 3 N–H and O–H groups in total. The second-order valence-electron chi connectivity index (χ2n) is 9.19.